The molecule has 1 fully saturated rings. The topological polar surface area (TPSA) is 133 Å². The van der Waals surface area contributed by atoms with E-state index < -0.39 is 10.2 Å². The number of nitrogens with two attached hydrogens (primary N) is 1. The highest BCUT2D eigenvalue weighted by Crippen LogP contribution is 2.34. The van der Waals surface area contributed by atoms with Crippen LogP contribution in [0.3, 0.4) is 0 Å². The molecule has 144 valence electrons. The quantitative estimate of drug-likeness (QED) is 0.392. The van der Waals surface area contributed by atoms with Crippen LogP contribution in [0, 0.1) is 17.0 Å². The molecule has 0 aliphatic carbocycles. The summed E-state index contributed by atoms with van der Waals surface area (Å²) < 4.78 is 6.61. The first-order valence-electron chi connectivity index (χ1n) is 8.43. The molecule has 0 saturated carbocycles. The van der Waals surface area contributed by atoms with Gasteiger partial charge in [-0.2, -0.15) is 0 Å². The second kappa shape index (κ2) is 7.00. The van der Waals surface area contributed by atoms with Crippen LogP contribution in [0.15, 0.2) is 46.2 Å². The molecule has 1 aliphatic heterocycles. The Morgan fingerprint density at radius 2 is 2.18 bits per heavy atom. The summed E-state index contributed by atoms with van der Waals surface area (Å²) in [6.45, 7) is 2.26. The number of carbonyl (C=O) groups is 1. The first-order chi connectivity index (χ1) is 13.5. The van der Waals surface area contributed by atoms with Crippen LogP contribution in [0.1, 0.15) is 12.2 Å². The second-order valence-electron chi connectivity index (χ2n) is 6.23. The Kier molecular flexibility index (Phi) is 4.51. The van der Waals surface area contributed by atoms with Crippen molar-refractivity contribution in [2.45, 2.75) is 23.8 Å². The molecule has 0 spiro atoms. The maximum atomic E-state index is 12.8. The van der Waals surface area contributed by atoms with E-state index in [0.29, 0.717) is 35.4 Å². The summed E-state index contributed by atoms with van der Waals surface area (Å²) in [6.07, 6.45) is 2.11. The molecule has 0 bridgehead atoms. The first kappa shape index (κ1) is 18.0. The number of hydrogen-bond donors (Lipinski definition) is 1. The summed E-state index contributed by atoms with van der Waals surface area (Å²) in [6, 6.07) is 7.80. The van der Waals surface area contributed by atoms with E-state index in [1.54, 1.807) is 36.3 Å². The number of nitro groups is 1. The fourth-order valence-electron chi connectivity index (χ4n) is 3.08. The zero-order chi connectivity index (χ0) is 19.8. The Hall–Kier alpha value is -3.34. The number of aromatic nitrogens is 3. The molecule has 1 aromatic carbocycles. The van der Waals surface area contributed by atoms with Gasteiger partial charge < -0.3 is 15.2 Å². The van der Waals surface area contributed by atoms with E-state index in [0.717, 1.165) is 5.56 Å². The summed E-state index contributed by atoms with van der Waals surface area (Å²) in [4.78, 5) is 24.9. The minimum Gasteiger partial charge on any atom is -0.469 e. The lowest BCUT2D eigenvalue weighted by molar-refractivity contribution is -0.384. The van der Waals surface area contributed by atoms with Crippen molar-refractivity contribution in [3.63, 3.8) is 0 Å². The van der Waals surface area contributed by atoms with Crippen molar-refractivity contribution in [3.8, 4) is 11.4 Å². The van der Waals surface area contributed by atoms with Gasteiger partial charge in [-0.25, -0.2) is 4.68 Å². The maximum Gasteiger partial charge on any atom is 0.271 e. The van der Waals surface area contributed by atoms with Gasteiger partial charge in [0.25, 0.3) is 5.69 Å². The largest absolute Gasteiger partial charge is 0.469 e. The van der Waals surface area contributed by atoms with Gasteiger partial charge in [0.2, 0.25) is 11.1 Å². The van der Waals surface area contributed by atoms with Crippen molar-refractivity contribution in [1.29, 1.82) is 0 Å². The lowest BCUT2D eigenvalue weighted by Gasteiger charge is -2.16. The molecule has 0 radical (unpaired) electrons. The number of hydrogen-bond acceptors (Lipinski definition) is 8. The Morgan fingerprint density at radius 3 is 2.89 bits per heavy atom. The van der Waals surface area contributed by atoms with E-state index >= 15 is 0 Å². The number of amides is 1. The van der Waals surface area contributed by atoms with E-state index in [-0.39, 0.29) is 11.6 Å². The number of nitro benzene ring substituents is 1. The second-order valence-corrected chi connectivity index (χ2v) is 7.40. The Bertz CT molecular complexity index is 1060. The highest BCUT2D eigenvalue weighted by Gasteiger charge is 2.35. The van der Waals surface area contributed by atoms with Gasteiger partial charge in [-0.15, -0.1) is 10.2 Å². The molecule has 28 heavy (non-hydrogen) atoms. The zero-order valence-corrected chi connectivity index (χ0v) is 15.6. The van der Waals surface area contributed by atoms with Gasteiger partial charge in [0, 0.05) is 18.7 Å². The van der Waals surface area contributed by atoms with E-state index in [9.17, 15) is 14.9 Å². The maximum absolute atomic E-state index is 12.8. The van der Waals surface area contributed by atoms with Crippen LogP contribution in [-0.2, 0) is 4.79 Å². The van der Waals surface area contributed by atoms with Crippen molar-refractivity contribution >= 4 is 29.0 Å². The van der Waals surface area contributed by atoms with Crippen LogP contribution in [0.2, 0.25) is 0 Å². The summed E-state index contributed by atoms with van der Waals surface area (Å²) in [5.74, 6) is 7.10. The molecule has 3 aromatic rings. The molecule has 10 nitrogen and oxygen atoms in total. The van der Waals surface area contributed by atoms with Crippen molar-refractivity contribution < 1.29 is 14.1 Å². The third-order valence-electron chi connectivity index (χ3n) is 4.52. The van der Waals surface area contributed by atoms with E-state index in [1.165, 1.54) is 28.6 Å². The van der Waals surface area contributed by atoms with Crippen LogP contribution in [0.5, 0.6) is 0 Å². The number of nitrogen functional groups attached to an aromatic ring is 1. The van der Waals surface area contributed by atoms with Gasteiger partial charge in [0.05, 0.1) is 27.7 Å². The Balaban J connectivity index is 1.53. The Labute approximate surface area is 163 Å². The average Bonchev–Trinajstić information content (AvgIpc) is 3.36. The van der Waals surface area contributed by atoms with Crippen LogP contribution in [0.25, 0.3) is 11.4 Å². The molecule has 1 aliphatic rings. The molecule has 1 saturated heterocycles. The minimum atomic E-state index is -0.480. The Morgan fingerprint density at radius 1 is 1.36 bits per heavy atom. The molecule has 2 N–H and O–H groups in total. The summed E-state index contributed by atoms with van der Waals surface area (Å²) in [7, 11) is 0. The lowest BCUT2D eigenvalue weighted by atomic mass is 10.2. The molecule has 1 unspecified atom stereocenters. The van der Waals surface area contributed by atoms with Crippen molar-refractivity contribution in [1.82, 2.24) is 14.9 Å². The normalized spacial score (nSPS) is 16.7. The van der Waals surface area contributed by atoms with Crippen molar-refractivity contribution in [3.05, 3.63) is 52.5 Å². The molecule has 1 atom stereocenters. The number of carbonyl (C=O) groups excluding carboxylic acids is 1. The average molecular weight is 400 g/mol. The molecule has 1 amide bonds. The number of anilines is 1. The number of furan rings is 1. The molecular formula is C17H16N6O4S. The summed E-state index contributed by atoms with van der Waals surface area (Å²) >= 11 is 1.23. The number of nitrogens with zero attached hydrogens (tertiary/aromatic N) is 5. The third kappa shape index (κ3) is 3.09. The zero-order valence-electron chi connectivity index (χ0n) is 14.8. The highest BCUT2D eigenvalue weighted by atomic mass is 32.2. The van der Waals surface area contributed by atoms with Gasteiger partial charge in [0.15, 0.2) is 5.82 Å². The number of rotatable bonds is 5. The monoisotopic (exact) mass is 400 g/mol. The van der Waals surface area contributed by atoms with Gasteiger partial charge >= 0.3 is 0 Å². The number of benzene rings is 1. The molecule has 4 rings (SSSR count). The smallest absolute Gasteiger partial charge is 0.271 e. The third-order valence-corrected chi connectivity index (χ3v) is 5.73. The summed E-state index contributed by atoms with van der Waals surface area (Å²) in [5.41, 5.74) is 1.19. The van der Waals surface area contributed by atoms with Crippen LogP contribution in [0.4, 0.5) is 11.4 Å². The first-order valence-corrected chi connectivity index (χ1v) is 9.31. The summed E-state index contributed by atoms with van der Waals surface area (Å²) in [5, 5.41) is 19.2. The predicted molar refractivity (Wildman–Crippen MR) is 102 cm³/mol. The molecule has 3 heterocycles. The van der Waals surface area contributed by atoms with Crippen LogP contribution in [-0.4, -0.2) is 37.5 Å². The van der Waals surface area contributed by atoms with Crippen molar-refractivity contribution in [2.24, 2.45) is 0 Å². The number of thioether (sulfide) groups is 1. The number of non-ortho nitro benzene ring substituents is 1. The fourth-order valence-corrected chi connectivity index (χ4v) is 4.07. The molecule has 2 aromatic heterocycles. The molecule has 11 heteroatoms. The minimum absolute atomic E-state index is 0.0526. The van der Waals surface area contributed by atoms with Crippen LogP contribution < -0.4 is 10.7 Å². The van der Waals surface area contributed by atoms with Crippen molar-refractivity contribution in [2.75, 3.05) is 17.3 Å². The SMILES string of the molecule is Cc1occc1-c1nnc(SC2CCN(c3cccc([N+](=O)[O-])c3)C2=O)n1N. The van der Waals surface area contributed by atoms with Gasteiger partial charge in [0.1, 0.15) is 5.76 Å². The fraction of sp³-hybridized carbons (Fsp3) is 0.235. The highest BCUT2D eigenvalue weighted by molar-refractivity contribution is 8.00. The van der Waals surface area contributed by atoms with Gasteiger partial charge in [-0.1, -0.05) is 17.8 Å². The number of aryl methyl sites for hydroxylation is 1. The van der Waals surface area contributed by atoms with E-state index in [1.807, 2.05) is 0 Å². The lowest BCUT2D eigenvalue weighted by Crippen LogP contribution is -2.28. The van der Waals surface area contributed by atoms with Gasteiger partial charge in [-0.05, 0) is 25.5 Å². The van der Waals surface area contributed by atoms with E-state index in [4.69, 9.17) is 10.3 Å². The van der Waals surface area contributed by atoms with Gasteiger partial charge in [-0.3, -0.25) is 14.9 Å². The predicted octanol–water partition coefficient (Wildman–Crippen LogP) is 2.37. The molecular weight excluding hydrogens is 384 g/mol. The van der Waals surface area contributed by atoms with Crippen LogP contribution >= 0.6 is 11.8 Å². The van der Waals surface area contributed by atoms with E-state index in [2.05, 4.69) is 10.2 Å². The standard InChI is InChI=1S/C17H16N6O4S/c1-10-13(6-8-27-10)15-19-20-17(22(15)18)28-14-5-7-21(16(14)24)11-3-2-4-12(9-11)23(25)26/h2-4,6,8-9,14H,5,7,18H2,1H3.